The van der Waals surface area contributed by atoms with E-state index < -0.39 is 0 Å². The second kappa shape index (κ2) is 8.20. The second-order valence-corrected chi connectivity index (χ2v) is 6.17. The van der Waals surface area contributed by atoms with Crippen LogP contribution >= 0.6 is 11.6 Å². The van der Waals surface area contributed by atoms with Gasteiger partial charge in [-0.2, -0.15) is 5.10 Å². The van der Waals surface area contributed by atoms with Gasteiger partial charge in [-0.05, 0) is 32.4 Å². The Morgan fingerprint density at radius 1 is 1.33 bits per heavy atom. The Bertz CT molecular complexity index is 725. The highest BCUT2D eigenvalue weighted by Gasteiger charge is 2.20. The Balaban J connectivity index is 2.13. The molecule has 0 aliphatic carbocycles. The van der Waals surface area contributed by atoms with E-state index in [1.165, 1.54) is 4.68 Å². The zero-order valence-corrected chi connectivity index (χ0v) is 15.4. The molecule has 0 atom stereocenters. The van der Waals surface area contributed by atoms with Crippen LogP contribution in [0.1, 0.15) is 47.8 Å². The van der Waals surface area contributed by atoms with Gasteiger partial charge in [0.25, 0.3) is 5.91 Å². The van der Waals surface area contributed by atoms with Gasteiger partial charge in [-0.3, -0.25) is 9.48 Å². The van der Waals surface area contributed by atoms with E-state index >= 15 is 0 Å². The fourth-order valence-electron chi connectivity index (χ4n) is 2.51. The van der Waals surface area contributed by atoms with E-state index in [2.05, 4.69) is 17.3 Å². The van der Waals surface area contributed by atoms with Gasteiger partial charge in [0.05, 0.1) is 17.9 Å². The average Bonchev–Trinajstić information content (AvgIpc) is 2.80. The van der Waals surface area contributed by atoms with Crippen molar-refractivity contribution >= 4 is 23.2 Å². The SMILES string of the molecule is CCCCCOc1cccc(NC(=O)c2c(C)nn(C)c2Cl)c1C. The average molecular weight is 350 g/mol. The molecule has 0 unspecified atom stereocenters. The highest BCUT2D eigenvalue weighted by Crippen LogP contribution is 2.27. The quantitative estimate of drug-likeness (QED) is 0.748. The monoisotopic (exact) mass is 349 g/mol. The molecule has 1 aromatic heterocycles. The van der Waals surface area contributed by atoms with E-state index in [9.17, 15) is 4.79 Å². The minimum absolute atomic E-state index is 0.267. The van der Waals surface area contributed by atoms with Crippen molar-refractivity contribution in [3.63, 3.8) is 0 Å². The molecule has 0 saturated heterocycles. The van der Waals surface area contributed by atoms with Gasteiger partial charge < -0.3 is 10.1 Å². The van der Waals surface area contributed by atoms with Crippen molar-refractivity contribution in [3.8, 4) is 5.75 Å². The van der Waals surface area contributed by atoms with Crippen molar-refractivity contribution in [2.75, 3.05) is 11.9 Å². The number of anilines is 1. The van der Waals surface area contributed by atoms with Crippen LogP contribution in [-0.2, 0) is 7.05 Å². The molecular weight excluding hydrogens is 326 g/mol. The molecule has 1 N–H and O–H groups in total. The Hall–Kier alpha value is -2.01. The highest BCUT2D eigenvalue weighted by molar-refractivity contribution is 6.33. The molecule has 0 aliphatic heterocycles. The first-order chi connectivity index (χ1) is 11.5. The second-order valence-electron chi connectivity index (χ2n) is 5.81. The number of carbonyl (C=O) groups excluding carboxylic acids is 1. The van der Waals surface area contributed by atoms with Gasteiger partial charge in [0, 0.05) is 18.3 Å². The Morgan fingerprint density at radius 2 is 2.08 bits per heavy atom. The molecule has 0 saturated carbocycles. The first-order valence-corrected chi connectivity index (χ1v) is 8.56. The number of aryl methyl sites for hydroxylation is 2. The molecule has 24 heavy (non-hydrogen) atoms. The summed E-state index contributed by atoms with van der Waals surface area (Å²) in [5.41, 5.74) is 2.62. The molecule has 0 aliphatic rings. The molecule has 0 bridgehead atoms. The number of unbranched alkanes of at least 4 members (excludes halogenated alkanes) is 2. The van der Waals surface area contributed by atoms with Crippen molar-refractivity contribution in [2.45, 2.75) is 40.0 Å². The van der Waals surface area contributed by atoms with Crippen molar-refractivity contribution in [2.24, 2.45) is 7.05 Å². The van der Waals surface area contributed by atoms with Crippen LogP contribution in [-0.4, -0.2) is 22.3 Å². The van der Waals surface area contributed by atoms with Gasteiger partial charge in [0.2, 0.25) is 0 Å². The lowest BCUT2D eigenvalue weighted by Gasteiger charge is -2.13. The van der Waals surface area contributed by atoms with E-state index in [0.29, 0.717) is 28.7 Å². The minimum Gasteiger partial charge on any atom is -0.493 e. The topological polar surface area (TPSA) is 56.1 Å². The van der Waals surface area contributed by atoms with Gasteiger partial charge in [-0.25, -0.2) is 0 Å². The Labute approximate surface area is 148 Å². The summed E-state index contributed by atoms with van der Waals surface area (Å²) in [6.45, 7) is 6.54. The lowest BCUT2D eigenvalue weighted by Crippen LogP contribution is -2.14. The molecule has 1 aromatic carbocycles. The molecule has 2 aromatic rings. The number of benzene rings is 1. The number of amides is 1. The third kappa shape index (κ3) is 4.09. The Kier molecular flexibility index (Phi) is 6.26. The van der Waals surface area contributed by atoms with E-state index in [1.54, 1.807) is 14.0 Å². The number of carbonyl (C=O) groups is 1. The molecule has 2 rings (SSSR count). The smallest absolute Gasteiger partial charge is 0.260 e. The summed E-state index contributed by atoms with van der Waals surface area (Å²) in [6, 6.07) is 5.64. The molecule has 130 valence electrons. The minimum atomic E-state index is -0.267. The third-order valence-corrected chi connectivity index (χ3v) is 4.35. The number of aromatic nitrogens is 2. The third-order valence-electron chi connectivity index (χ3n) is 3.92. The number of nitrogens with zero attached hydrogens (tertiary/aromatic N) is 2. The Morgan fingerprint density at radius 3 is 2.71 bits per heavy atom. The molecular formula is C18H24ClN3O2. The number of rotatable bonds is 7. The summed E-state index contributed by atoms with van der Waals surface area (Å²) in [6.07, 6.45) is 3.33. The van der Waals surface area contributed by atoms with Crippen LogP contribution in [0, 0.1) is 13.8 Å². The van der Waals surface area contributed by atoms with Gasteiger partial charge in [-0.15, -0.1) is 0 Å². The van der Waals surface area contributed by atoms with Crippen LogP contribution in [0.25, 0.3) is 0 Å². The van der Waals surface area contributed by atoms with Crippen LogP contribution in [0.4, 0.5) is 5.69 Å². The number of halogens is 1. The van der Waals surface area contributed by atoms with Gasteiger partial charge in [0.15, 0.2) is 0 Å². The van der Waals surface area contributed by atoms with Gasteiger partial charge >= 0.3 is 0 Å². The fourth-order valence-corrected chi connectivity index (χ4v) is 2.77. The summed E-state index contributed by atoms with van der Waals surface area (Å²) < 4.78 is 7.32. The van der Waals surface area contributed by atoms with Crippen molar-refractivity contribution < 1.29 is 9.53 Å². The molecule has 1 amide bonds. The number of hydrogen-bond donors (Lipinski definition) is 1. The standard InChI is InChI=1S/C18H24ClN3O2/c1-5-6-7-11-24-15-10-8-9-14(12(15)2)20-18(23)16-13(3)21-22(4)17(16)19/h8-10H,5-7,11H2,1-4H3,(H,20,23). The van der Waals surface area contributed by atoms with Crippen molar-refractivity contribution in [1.82, 2.24) is 9.78 Å². The molecule has 0 radical (unpaired) electrons. The molecule has 5 nitrogen and oxygen atoms in total. The fraction of sp³-hybridized carbons (Fsp3) is 0.444. The predicted octanol–water partition coefficient (Wildman–Crippen LogP) is 4.51. The maximum absolute atomic E-state index is 12.5. The molecule has 6 heteroatoms. The van der Waals surface area contributed by atoms with Crippen LogP contribution in [0.2, 0.25) is 5.15 Å². The zero-order valence-electron chi connectivity index (χ0n) is 14.6. The highest BCUT2D eigenvalue weighted by atomic mass is 35.5. The normalized spacial score (nSPS) is 10.7. The first kappa shape index (κ1) is 18.3. The molecule has 0 spiro atoms. The van der Waals surface area contributed by atoms with Crippen LogP contribution in [0.5, 0.6) is 5.75 Å². The maximum atomic E-state index is 12.5. The number of ether oxygens (including phenoxy) is 1. The van der Waals surface area contributed by atoms with Crippen molar-refractivity contribution in [1.29, 1.82) is 0 Å². The summed E-state index contributed by atoms with van der Waals surface area (Å²) in [7, 11) is 1.71. The van der Waals surface area contributed by atoms with Crippen LogP contribution in [0.3, 0.4) is 0 Å². The predicted molar refractivity (Wildman–Crippen MR) is 97.1 cm³/mol. The number of nitrogens with one attached hydrogen (secondary N) is 1. The lowest BCUT2D eigenvalue weighted by molar-refractivity contribution is 0.102. The molecule has 0 fully saturated rings. The first-order valence-electron chi connectivity index (χ1n) is 8.18. The molecule has 1 heterocycles. The summed E-state index contributed by atoms with van der Waals surface area (Å²) in [5, 5.41) is 7.41. The largest absolute Gasteiger partial charge is 0.493 e. The van der Waals surface area contributed by atoms with E-state index in [4.69, 9.17) is 16.3 Å². The number of hydrogen-bond acceptors (Lipinski definition) is 3. The van der Waals surface area contributed by atoms with E-state index in [1.807, 2.05) is 25.1 Å². The van der Waals surface area contributed by atoms with Crippen LogP contribution < -0.4 is 10.1 Å². The van der Waals surface area contributed by atoms with Crippen molar-refractivity contribution in [3.05, 3.63) is 40.2 Å². The van der Waals surface area contributed by atoms with E-state index in [0.717, 1.165) is 30.6 Å². The van der Waals surface area contributed by atoms with Gasteiger partial charge in [0.1, 0.15) is 10.9 Å². The summed E-state index contributed by atoms with van der Waals surface area (Å²) in [5.74, 6) is 0.523. The maximum Gasteiger partial charge on any atom is 0.260 e. The van der Waals surface area contributed by atoms with E-state index in [-0.39, 0.29) is 5.91 Å². The van der Waals surface area contributed by atoms with Gasteiger partial charge in [-0.1, -0.05) is 37.4 Å². The van der Waals surface area contributed by atoms with Crippen LogP contribution in [0.15, 0.2) is 18.2 Å². The lowest BCUT2D eigenvalue weighted by atomic mass is 10.1. The summed E-state index contributed by atoms with van der Waals surface area (Å²) in [4.78, 5) is 12.5. The summed E-state index contributed by atoms with van der Waals surface area (Å²) >= 11 is 6.16. The zero-order chi connectivity index (χ0) is 17.7.